The summed E-state index contributed by atoms with van der Waals surface area (Å²) in [6, 6.07) is 5.81. The number of carbonyl (C=O) groups excluding carboxylic acids is 1. The predicted octanol–water partition coefficient (Wildman–Crippen LogP) is 3.06. The van der Waals surface area contributed by atoms with Crippen molar-refractivity contribution in [2.24, 2.45) is 4.99 Å². The Bertz CT molecular complexity index is 418. The van der Waals surface area contributed by atoms with Crippen LogP contribution in [0, 0.1) is 6.92 Å². The van der Waals surface area contributed by atoms with Gasteiger partial charge in [0.15, 0.2) is 5.78 Å². The Morgan fingerprint density at radius 3 is 2.93 bits per heavy atom. The number of benzene rings is 1. The Balaban J connectivity index is 2.55. The third kappa shape index (κ3) is 1.48. The molecule has 0 unspecified atom stereocenters. The van der Waals surface area contributed by atoms with E-state index in [2.05, 4.69) is 4.99 Å². The monoisotopic (exact) mass is 187 g/mol. The van der Waals surface area contributed by atoms with E-state index in [1.165, 1.54) is 0 Å². The van der Waals surface area contributed by atoms with Gasteiger partial charge in [-0.2, -0.15) is 0 Å². The molecule has 2 nitrogen and oxygen atoms in total. The molecule has 0 aliphatic carbocycles. The number of aryl methyl sites for hydroxylation is 1. The minimum absolute atomic E-state index is 0.201. The van der Waals surface area contributed by atoms with Crippen molar-refractivity contribution in [1.29, 1.82) is 0 Å². The summed E-state index contributed by atoms with van der Waals surface area (Å²) in [6.45, 7) is 4.05. The van der Waals surface area contributed by atoms with Crippen molar-refractivity contribution in [1.82, 2.24) is 0 Å². The van der Waals surface area contributed by atoms with E-state index in [4.69, 9.17) is 0 Å². The Morgan fingerprint density at radius 2 is 2.21 bits per heavy atom. The molecule has 14 heavy (non-hydrogen) atoms. The Kier molecular flexibility index (Phi) is 2.20. The van der Waals surface area contributed by atoms with Gasteiger partial charge in [-0.1, -0.05) is 13.0 Å². The second-order valence-electron chi connectivity index (χ2n) is 3.65. The van der Waals surface area contributed by atoms with Crippen molar-refractivity contribution in [3.8, 4) is 0 Å². The molecular weight excluding hydrogens is 174 g/mol. The van der Waals surface area contributed by atoms with Crippen molar-refractivity contribution in [2.45, 2.75) is 26.7 Å². The van der Waals surface area contributed by atoms with E-state index >= 15 is 0 Å². The average Bonchev–Trinajstić information content (AvgIpc) is 2.16. The zero-order valence-electron chi connectivity index (χ0n) is 8.50. The highest BCUT2D eigenvalue weighted by Gasteiger charge is 2.18. The van der Waals surface area contributed by atoms with E-state index < -0.39 is 0 Å². The summed E-state index contributed by atoms with van der Waals surface area (Å²) < 4.78 is 0. The molecular formula is C12H13NO. The lowest BCUT2D eigenvalue weighted by molar-refractivity contribution is 0.0999. The molecule has 0 saturated carbocycles. The van der Waals surface area contributed by atoms with E-state index in [0.717, 1.165) is 28.9 Å². The number of ketones is 1. The van der Waals surface area contributed by atoms with Crippen LogP contribution in [0.1, 0.15) is 35.7 Å². The van der Waals surface area contributed by atoms with E-state index in [1.54, 1.807) is 0 Å². The van der Waals surface area contributed by atoms with Crippen LogP contribution in [0.2, 0.25) is 0 Å². The summed E-state index contributed by atoms with van der Waals surface area (Å²) >= 11 is 0. The van der Waals surface area contributed by atoms with Crippen LogP contribution in [-0.4, -0.2) is 11.5 Å². The third-order valence-corrected chi connectivity index (χ3v) is 2.50. The first-order chi connectivity index (χ1) is 6.70. The third-order valence-electron chi connectivity index (χ3n) is 2.50. The van der Waals surface area contributed by atoms with Gasteiger partial charge in [-0.3, -0.25) is 9.79 Å². The van der Waals surface area contributed by atoms with E-state index in [0.29, 0.717) is 6.42 Å². The fourth-order valence-electron chi connectivity index (χ4n) is 1.66. The number of carbonyl (C=O) groups is 1. The molecule has 0 spiro atoms. The maximum atomic E-state index is 11.7. The van der Waals surface area contributed by atoms with Crippen LogP contribution in [0.25, 0.3) is 0 Å². The zero-order valence-corrected chi connectivity index (χ0v) is 8.50. The van der Waals surface area contributed by atoms with E-state index in [9.17, 15) is 4.79 Å². The molecule has 0 N–H and O–H groups in total. The molecule has 0 radical (unpaired) electrons. The van der Waals surface area contributed by atoms with Gasteiger partial charge in [0.25, 0.3) is 0 Å². The van der Waals surface area contributed by atoms with Crippen molar-refractivity contribution >= 4 is 17.2 Å². The summed E-state index contributed by atoms with van der Waals surface area (Å²) in [6.07, 6.45) is 1.35. The first-order valence-electron chi connectivity index (χ1n) is 4.91. The Morgan fingerprint density at radius 1 is 1.43 bits per heavy atom. The topological polar surface area (TPSA) is 29.4 Å². The van der Waals surface area contributed by atoms with Gasteiger partial charge in [-0.15, -0.1) is 0 Å². The summed E-state index contributed by atoms with van der Waals surface area (Å²) in [7, 11) is 0. The largest absolute Gasteiger partial charge is 0.294 e. The normalized spacial score (nSPS) is 15.0. The van der Waals surface area contributed by atoms with Gasteiger partial charge in [0.05, 0.1) is 5.69 Å². The van der Waals surface area contributed by atoms with Gasteiger partial charge in [0.1, 0.15) is 0 Å². The molecule has 1 heterocycles. The second-order valence-corrected chi connectivity index (χ2v) is 3.65. The zero-order chi connectivity index (χ0) is 10.1. The molecule has 0 bridgehead atoms. The molecule has 0 fully saturated rings. The van der Waals surface area contributed by atoms with Crippen LogP contribution < -0.4 is 0 Å². The van der Waals surface area contributed by atoms with Crippen LogP contribution in [-0.2, 0) is 0 Å². The maximum absolute atomic E-state index is 11.7. The minimum Gasteiger partial charge on any atom is -0.294 e. The van der Waals surface area contributed by atoms with Gasteiger partial charge < -0.3 is 0 Å². The van der Waals surface area contributed by atoms with Crippen molar-refractivity contribution < 1.29 is 4.79 Å². The van der Waals surface area contributed by atoms with E-state index in [1.807, 2.05) is 32.0 Å². The number of nitrogens with zero attached hydrogens (tertiary/aromatic N) is 1. The predicted molar refractivity (Wildman–Crippen MR) is 57.5 cm³/mol. The van der Waals surface area contributed by atoms with E-state index in [-0.39, 0.29) is 5.78 Å². The maximum Gasteiger partial charge on any atom is 0.170 e. The lowest BCUT2D eigenvalue weighted by Crippen LogP contribution is -2.12. The van der Waals surface area contributed by atoms with Crippen molar-refractivity contribution in [3.05, 3.63) is 29.3 Å². The molecule has 0 atom stereocenters. The van der Waals surface area contributed by atoms with Gasteiger partial charge >= 0.3 is 0 Å². The molecule has 1 aromatic carbocycles. The first-order valence-corrected chi connectivity index (χ1v) is 4.91. The molecule has 1 aliphatic rings. The summed E-state index contributed by atoms with van der Waals surface area (Å²) in [5, 5.41) is 0. The second kappa shape index (κ2) is 3.37. The van der Waals surface area contributed by atoms with Crippen LogP contribution in [0.15, 0.2) is 23.2 Å². The van der Waals surface area contributed by atoms with Gasteiger partial charge in [0, 0.05) is 17.7 Å². The van der Waals surface area contributed by atoms with Crippen LogP contribution in [0.4, 0.5) is 5.69 Å². The fraction of sp³-hybridized carbons (Fsp3) is 0.333. The molecule has 72 valence electrons. The SMILES string of the molecule is CCC1=Nc2cc(C)ccc2C(=O)C1. The summed E-state index contributed by atoms with van der Waals surface area (Å²) in [5.41, 5.74) is 3.76. The minimum atomic E-state index is 0.201. The Labute approximate surface area is 83.7 Å². The number of hydrogen-bond acceptors (Lipinski definition) is 2. The molecule has 0 amide bonds. The van der Waals surface area contributed by atoms with Gasteiger partial charge in [0.2, 0.25) is 0 Å². The standard InChI is InChI=1S/C12H13NO/c1-3-9-7-12(14)10-5-4-8(2)6-11(10)13-9/h4-6H,3,7H2,1-2H3. The van der Waals surface area contributed by atoms with Gasteiger partial charge in [-0.05, 0) is 31.0 Å². The van der Waals surface area contributed by atoms with Gasteiger partial charge in [-0.25, -0.2) is 0 Å². The molecule has 1 aromatic rings. The van der Waals surface area contributed by atoms with Crippen LogP contribution >= 0.6 is 0 Å². The average molecular weight is 187 g/mol. The number of hydrogen-bond donors (Lipinski definition) is 0. The Hall–Kier alpha value is -1.44. The fourth-order valence-corrected chi connectivity index (χ4v) is 1.66. The number of aliphatic imine (C=N–C) groups is 1. The smallest absolute Gasteiger partial charge is 0.170 e. The molecule has 2 rings (SSSR count). The summed E-state index contributed by atoms with van der Waals surface area (Å²) in [4.78, 5) is 16.2. The van der Waals surface area contributed by atoms with Crippen LogP contribution in [0.5, 0.6) is 0 Å². The first kappa shape index (κ1) is 9.13. The lowest BCUT2D eigenvalue weighted by atomic mass is 9.98. The number of fused-ring (bicyclic) bond motifs is 1. The highest BCUT2D eigenvalue weighted by Crippen LogP contribution is 2.27. The number of Topliss-reactive ketones (excluding diaryl/α,β-unsaturated/α-hetero) is 1. The summed E-state index contributed by atoms with van der Waals surface area (Å²) in [5.74, 6) is 0.201. The molecule has 0 aromatic heterocycles. The quantitative estimate of drug-likeness (QED) is 0.664. The van der Waals surface area contributed by atoms with Crippen LogP contribution in [0.3, 0.4) is 0 Å². The lowest BCUT2D eigenvalue weighted by Gasteiger charge is -2.13. The number of rotatable bonds is 1. The highest BCUT2D eigenvalue weighted by molar-refractivity contribution is 6.15. The molecule has 2 heteroatoms. The highest BCUT2D eigenvalue weighted by atomic mass is 16.1. The van der Waals surface area contributed by atoms with Crippen molar-refractivity contribution in [3.63, 3.8) is 0 Å². The molecule has 0 saturated heterocycles. The molecule has 1 aliphatic heterocycles. The van der Waals surface area contributed by atoms with Crippen molar-refractivity contribution in [2.75, 3.05) is 0 Å².